The summed E-state index contributed by atoms with van der Waals surface area (Å²) in [5.41, 5.74) is 7.28. The Morgan fingerprint density at radius 3 is 2.47 bits per heavy atom. The van der Waals surface area contributed by atoms with Crippen molar-refractivity contribution in [2.24, 2.45) is 5.73 Å². The van der Waals surface area contributed by atoms with Crippen LogP contribution in [0.1, 0.15) is 22.9 Å². The maximum atomic E-state index is 5.69. The van der Waals surface area contributed by atoms with Crippen molar-refractivity contribution in [1.82, 2.24) is 19.7 Å². The molecule has 0 aliphatic carbocycles. The number of nitrogens with two attached hydrogens (primary N) is 1. The van der Waals surface area contributed by atoms with Gasteiger partial charge in [0.05, 0.1) is 5.56 Å². The highest BCUT2D eigenvalue weighted by atomic mass is 32.1. The molecule has 0 aliphatic rings. The lowest BCUT2D eigenvalue weighted by Crippen LogP contribution is -2.16. The highest BCUT2D eigenvalue weighted by Gasteiger charge is 2.13. The maximum absolute atomic E-state index is 5.69. The van der Waals surface area contributed by atoms with Gasteiger partial charge in [-0.3, -0.25) is 0 Å². The van der Waals surface area contributed by atoms with Gasteiger partial charge in [-0.2, -0.15) is 4.68 Å². The summed E-state index contributed by atoms with van der Waals surface area (Å²) in [6, 6.07) is 3.73. The molecule has 0 aromatic carbocycles. The quantitative estimate of drug-likeness (QED) is 0.808. The molecule has 0 fully saturated rings. The molecule has 0 amide bonds. The minimum Gasteiger partial charge on any atom is -0.389 e. The first kappa shape index (κ1) is 11.7. The Kier molecular flexibility index (Phi) is 2.89. The summed E-state index contributed by atoms with van der Waals surface area (Å²) in [4.78, 5) is 8.98. The molecule has 2 rings (SSSR count). The fourth-order valence-electron chi connectivity index (χ4n) is 1.62. The second kappa shape index (κ2) is 4.21. The van der Waals surface area contributed by atoms with E-state index in [1.54, 1.807) is 4.68 Å². The molecule has 88 valence electrons. The summed E-state index contributed by atoms with van der Waals surface area (Å²) in [5.74, 6) is 2.09. The monoisotopic (exact) mass is 247 g/mol. The molecule has 5 nitrogen and oxygen atoms in total. The standard InChI is InChI=1S/C11H13N5S/c1-6-4-5-9(10(12)17)11(13-6)16-8(3)14-7(2)15-16/h4-5H,1-3H3,(H2,12,17). The Morgan fingerprint density at radius 1 is 1.24 bits per heavy atom. The summed E-state index contributed by atoms with van der Waals surface area (Å²) in [6.07, 6.45) is 0. The zero-order chi connectivity index (χ0) is 12.6. The van der Waals surface area contributed by atoms with Gasteiger partial charge in [-0.05, 0) is 32.9 Å². The lowest BCUT2D eigenvalue weighted by molar-refractivity contribution is 0.797. The van der Waals surface area contributed by atoms with E-state index >= 15 is 0 Å². The van der Waals surface area contributed by atoms with Crippen LogP contribution in [0.2, 0.25) is 0 Å². The smallest absolute Gasteiger partial charge is 0.165 e. The normalized spacial score (nSPS) is 10.5. The van der Waals surface area contributed by atoms with E-state index in [-0.39, 0.29) is 0 Å². The van der Waals surface area contributed by atoms with E-state index in [0.717, 1.165) is 11.5 Å². The Labute approximate surface area is 105 Å². The molecule has 0 unspecified atom stereocenters. The van der Waals surface area contributed by atoms with E-state index in [1.165, 1.54) is 0 Å². The van der Waals surface area contributed by atoms with Crippen LogP contribution in [0.5, 0.6) is 0 Å². The van der Waals surface area contributed by atoms with Gasteiger partial charge in [0.2, 0.25) is 0 Å². The minimum absolute atomic E-state index is 0.306. The van der Waals surface area contributed by atoms with E-state index in [4.69, 9.17) is 18.0 Å². The van der Waals surface area contributed by atoms with Crippen molar-refractivity contribution in [2.45, 2.75) is 20.8 Å². The van der Waals surface area contributed by atoms with Crippen molar-refractivity contribution in [3.05, 3.63) is 35.0 Å². The lowest BCUT2D eigenvalue weighted by Gasteiger charge is -2.08. The molecule has 2 heterocycles. The van der Waals surface area contributed by atoms with E-state index in [0.29, 0.717) is 22.2 Å². The van der Waals surface area contributed by atoms with Crippen LogP contribution in [0.25, 0.3) is 5.82 Å². The largest absolute Gasteiger partial charge is 0.389 e. The lowest BCUT2D eigenvalue weighted by atomic mass is 10.2. The van der Waals surface area contributed by atoms with Gasteiger partial charge in [0.15, 0.2) is 5.82 Å². The van der Waals surface area contributed by atoms with Crippen LogP contribution in [0, 0.1) is 20.8 Å². The number of nitrogens with zero attached hydrogens (tertiary/aromatic N) is 4. The van der Waals surface area contributed by atoms with Crippen LogP contribution in [0.4, 0.5) is 0 Å². The van der Waals surface area contributed by atoms with Gasteiger partial charge in [-0.25, -0.2) is 9.97 Å². The van der Waals surface area contributed by atoms with Gasteiger partial charge < -0.3 is 5.73 Å². The van der Waals surface area contributed by atoms with Crippen molar-refractivity contribution >= 4 is 17.2 Å². The van der Waals surface area contributed by atoms with Crippen LogP contribution in [0.15, 0.2) is 12.1 Å². The Balaban J connectivity index is 2.69. The molecule has 17 heavy (non-hydrogen) atoms. The van der Waals surface area contributed by atoms with Crippen molar-refractivity contribution in [1.29, 1.82) is 0 Å². The average Bonchev–Trinajstić information content (AvgIpc) is 2.57. The average molecular weight is 247 g/mol. The topological polar surface area (TPSA) is 69.6 Å². The number of hydrogen-bond acceptors (Lipinski definition) is 4. The Hall–Kier alpha value is -1.82. The maximum Gasteiger partial charge on any atom is 0.165 e. The summed E-state index contributed by atoms with van der Waals surface area (Å²) in [5, 5.41) is 4.29. The molecule has 0 saturated carbocycles. The van der Waals surface area contributed by atoms with Crippen molar-refractivity contribution in [3.63, 3.8) is 0 Å². The van der Waals surface area contributed by atoms with E-state index in [2.05, 4.69) is 15.1 Å². The predicted octanol–water partition coefficient (Wildman–Crippen LogP) is 1.22. The van der Waals surface area contributed by atoms with Crippen LogP contribution >= 0.6 is 12.2 Å². The number of pyridine rings is 1. The molecular formula is C11H13N5S. The van der Waals surface area contributed by atoms with Crippen molar-refractivity contribution in [2.75, 3.05) is 0 Å². The van der Waals surface area contributed by atoms with Crippen LogP contribution in [0.3, 0.4) is 0 Å². The van der Waals surface area contributed by atoms with Gasteiger partial charge >= 0.3 is 0 Å². The van der Waals surface area contributed by atoms with Gasteiger partial charge in [0.25, 0.3) is 0 Å². The van der Waals surface area contributed by atoms with Crippen LogP contribution < -0.4 is 5.73 Å². The van der Waals surface area contributed by atoms with E-state index < -0.39 is 0 Å². The third kappa shape index (κ3) is 2.16. The number of aromatic nitrogens is 4. The highest BCUT2D eigenvalue weighted by molar-refractivity contribution is 7.80. The molecule has 0 bridgehead atoms. The second-order valence-electron chi connectivity index (χ2n) is 3.81. The summed E-state index contributed by atoms with van der Waals surface area (Å²) >= 11 is 5.02. The third-order valence-electron chi connectivity index (χ3n) is 2.36. The molecule has 0 spiro atoms. The van der Waals surface area contributed by atoms with Gasteiger partial charge in [-0.1, -0.05) is 12.2 Å². The van der Waals surface area contributed by atoms with Gasteiger partial charge in [0.1, 0.15) is 16.6 Å². The zero-order valence-corrected chi connectivity index (χ0v) is 10.7. The Morgan fingerprint density at radius 2 is 1.94 bits per heavy atom. The SMILES string of the molecule is Cc1ccc(C(N)=S)c(-n2nc(C)nc2C)n1. The van der Waals surface area contributed by atoms with Gasteiger partial charge in [0, 0.05) is 5.69 Å². The first-order chi connectivity index (χ1) is 7.99. The first-order valence-electron chi connectivity index (χ1n) is 5.17. The minimum atomic E-state index is 0.306. The molecule has 0 atom stereocenters. The summed E-state index contributed by atoms with van der Waals surface area (Å²) in [6.45, 7) is 5.61. The molecular weight excluding hydrogens is 234 g/mol. The second-order valence-corrected chi connectivity index (χ2v) is 4.25. The van der Waals surface area contributed by atoms with Crippen LogP contribution in [-0.4, -0.2) is 24.7 Å². The highest BCUT2D eigenvalue weighted by Crippen LogP contribution is 2.14. The first-order valence-corrected chi connectivity index (χ1v) is 5.58. The zero-order valence-electron chi connectivity index (χ0n) is 9.93. The number of thiocarbonyl (C=S) groups is 1. The fourth-order valence-corrected chi connectivity index (χ4v) is 1.78. The fraction of sp³-hybridized carbons (Fsp3) is 0.273. The van der Waals surface area contributed by atoms with Crippen LogP contribution in [-0.2, 0) is 0 Å². The molecule has 2 N–H and O–H groups in total. The molecule has 0 saturated heterocycles. The van der Waals surface area contributed by atoms with Crippen molar-refractivity contribution < 1.29 is 0 Å². The molecule has 0 aliphatic heterocycles. The summed E-state index contributed by atoms with van der Waals surface area (Å²) in [7, 11) is 0. The molecule has 2 aromatic heterocycles. The molecule has 6 heteroatoms. The molecule has 0 radical (unpaired) electrons. The van der Waals surface area contributed by atoms with E-state index in [9.17, 15) is 0 Å². The number of aryl methyl sites for hydroxylation is 3. The molecule has 2 aromatic rings. The third-order valence-corrected chi connectivity index (χ3v) is 2.58. The van der Waals surface area contributed by atoms with Gasteiger partial charge in [-0.15, -0.1) is 5.10 Å². The summed E-state index contributed by atoms with van der Waals surface area (Å²) < 4.78 is 1.66. The Bertz CT molecular complexity index is 588. The van der Waals surface area contributed by atoms with E-state index in [1.807, 2.05) is 32.9 Å². The predicted molar refractivity (Wildman–Crippen MR) is 69.3 cm³/mol. The number of hydrogen-bond donors (Lipinski definition) is 1. The van der Waals surface area contributed by atoms with Crippen molar-refractivity contribution in [3.8, 4) is 5.82 Å². The number of rotatable bonds is 2.